The molecule has 1 amide bonds. The predicted octanol–water partition coefficient (Wildman–Crippen LogP) is 2.81. The van der Waals surface area contributed by atoms with E-state index < -0.39 is 6.10 Å². The lowest BCUT2D eigenvalue weighted by molar-refractivity contribution is -0.133. The highest BCUT2D eigenvalue weighted by molar-refractivity contribution is 5.76. The first-order chi connectivity index (χ1) is 11.1. The molecule has 0 saturated carbocycles. The molecule has 122 valence electrons. The van der Waals surface area contributed by atoms with Crippen LogP contribution < -0.4 is 0 Å². The first-order valence-electron chi connectivity index (χ1n) is 8.05. The second-order valence-electron chi connectivity index (χ2n) is 5.78. The molecule has 1 aromatic carbocycles. The van der Waals surface area contributed by atoms with Crippen molar-refractivity contribution in [2.45, 2.75) is 38.8 Å². The van der Waals surface area contributed by atoms with Gasteiger partial charge in [-0.25, -0.2) is 0 Å². The number of hydrogen-bond donors (Lipinski definition) is 1. The molecule has 4 nitrogen and oxygen atoms in total. The third kappa shape index (κ3) is 6.20. The van der Waals surface area contributed by atoms with Crippen molar-refractivity contribution in [3.63, 3.8) is 0 Å². The van der Waals surface area contributed by atoms with Crippen molar-refractivity contribution in [1.29, 1.82) is 0 Å². The SMILES string of the molecule is C[C@@H](O)CN(Cc1ccccc1)C(=O)CCCc1ccccn1. The molecular formula is C19H24N2O2. The molecule has 0 aliphatic heterocycles. The Morgan fingerprint density at radius 3 is 2.57 bits per heavy atom. The number of nitrogens with zero attached hydrogens (tertiary/aromatic N) is 2. The zero-order valence-corrected chi connectivity index (χ0v) is 13.6. The van der Waals surface area contributed by atoms with Crippen molar-refractivity contribution in [3.8, 4) is 0 Å². The lowest BCUT2D eigenvalue weighted by atomic mass is 10.1. The number of carbonyl (C=O) groups is 1. The largest absolute Gasteiger partial charge is 0.392 e. The zero-order valence-electron chi connectivity index (χ0n) is 13.6. The van der Waals surface area contributed by atoms with Gasteiger partial charge in [0.05, 0.1) is 6.10 Å². The Kier molecular flexibility index (Phi) is 6.76. The van der Waals surface area contributed by atoms with Gasteiger partial charge >= 0.3 is 0 Å². The second-order valence-corrected chi connectivity index (χ2v) is 5.78. The number of pyridine rings is 1. The maximum atomic E-state index is 12.5. The molecule has 0 spiro atoms. The number of aryl methyl sites for hydroxylation is 1. The summed E-state index contributed by atoms with van der Waals surface area (Å²) in [6.07, 6.45) is 3.27. The van der Waals surface area contributed by atoms with E-state index in [0.717, 1.165) is 24.1 Å². The van der Waals surface area contributed by atoms with Crippen LogP contribution in [0.2, 0.25) is 0 Å². The van der Waals surface area contributed by atoms with Gasteiger partial charge in [0.25, 0.3) is 0 Å². The highest BCUT2D eigenvalue weighted by Gasteiger charge is 2.15. The number of benzene rings is 1. The predicted molar refractivity (Wildman–Crippen MR) is 90.7 cm³/mol. The molecular weight excluding hydrogens is 288 g/mol. The van der Waals surface area contributed by atoms with Crippen LogP contribution in [0.15, 0.2) is 54.7 Å². The number of aliphatic hydroxyl groups is 1. The monoisotopic (exact) mass is 312 g/mol. The normalized spacial score (nSPS) is 11.9. The van der Waals surface area contributed by atoms with Gasteiger partial charge in [0.1, 0.15) is 0 Å². The molecule has 1 heterocycles. The molecule has 2 rings (SSSR count). The fraction of sp³-hybridized carbons (Fsp3) is 0.368. The van der Waals surface area contributed by atoms with Crippen LogP contribution in [0.3, 0.4) is 0 Å². The molecule has 23 heavy (non-hydrogen) atoms. The Bertz CT molecular complexity index is 585. The van der Waals surface area contributed by atoms with Crippen LogP contribution in [-0.4, -0.2) is 33.5 Å². The van der Waals surface area contributed by atoms with Gasteiger partial charge in [-0.15, -0.1) is 0 Å². The first-order valence-corrected chi connectivity index (χ1v) is 8.05. The van der Waals surface area contributed by atoms with Gasteiger partial charge in [0.15, 0.2) is 0 Å². The molecule has 4 heteroatoms. The topological polar surface area (TPSA) is 53.4 Å². The summed E-state index contributed by atoms with van der Waals surface area (Å²) in [6.45, 7) is 2.60. The van der Waals surface area contributed by atoms with E-state index in [0.29, 0.717) is 19.5 Å². The standard InChI is InChI=1S/C19H24N2O2/c1-16(22)14-21(15-17-8-3-2-4-9-17)19(23)12-7-11-18-10-5-6-13-20-18/h2-6,8-10,13,16,22H,7,11-12,14-15H2,1H3/t16-/m1/s1. The summed E-state index contributed by atoms with van der Waals surface area (Å²) < 4.78 is 0. The third-order valence-corrected chi connectivity index (χ3v) is 3.60. The fourth-order valence-electron chi connectivity index (χ4n) is 2.50. The van der Waals surface area contributed by atoms with Crippen LogP contribution in [-0.2, 0) is 17.8 Å². The Labute approximate surface area is 137 Å². The van der Waals surface area contributed by atoms with Crippen molar-refractivity contribution >= 4 is 5.91 Å². The summed E-state index contributed by atoms with van der Waals surface area (Å²) in [6, 6.07) is 15.7. The van der Waals surface area contributed by atoms with Crippen LogP contribution >= 0.6 is 0 Å². The smallest absolute Gasteiger partial charge is 0.222 e. The Morgan fingerprint density at radius 2 is 1.91 bits per heavy atom. The van der Waals surface area contributed by atoms with Crippen LogP contribution in [0.4, 0.5) is 0 Å². The quantitative estimate of drug-likeness (QED) is 0.815. The summed E-state index contributed by atoms with van der Waals surface area (Å²) in [4.78, 5) is 18.5. The van der Waals surface area contributed by atoms with E-state index in [9.17, 15) is 9.90 Å². The minimum Gasteiger partial charge on any atom is -0.392 e. The van der Waals surface area contributed by atoms with E-state index in [1.165, 1.54) is 0 Å². The molecule has 0 aliphatic rings. The van der Waals surface area contributed by atoms with E-state index in [-0.39, 0.29) is 5.91 Å². The molecule has 0 saturated heterocycles. The van der Waals surface area contributed by atoms with Gasteiger partial charge in [-0.2, -0.15) is 0 Å². The van der Waals surface area contributed by atoms with Gasteiger partial charge in [-0.05, 0) is 37.5 Å². The zero-order chi connectivity index (χ0) is 16.5. The second kappa shape index (κ2) is 9.06. The van der Waals surface area contributed by atoms with E-state index >= 15 is 0 Å². The van der Waals surface area contributed by atoms with Gasteiger partial charge in [0, 0.05) is 31.4 Å². The van der Waals surface area contributed by atoms with E-state index in [1.54, 1.807) is 18.0 Å². The molecule has 0 fully saturated rings. The Hall–Kier alpha value is -2.20. The number of rotatable bonds is 8. The minimum absolute atomic E-state index is 0.0747. The summed E-state index contributed by atoms with van der Waals surface area (Å²) in [7, 11) is 0. The Balaban J connectivity index is 1.88. The van der Waals surface area contributed by atoms with Crippen LogP contribution in [0.1, 0.15) is 31.0 Å². The van der Waals surface area contributed by atoms with Gasteiger partial charge in [-0.3, -0.25) is 9.78 Å². The Morgan fingerprint density at radius 1 is 1.17 bits per heavy atom. The summed E-state index contributed by atoms with van der Waals surface area (Å²) in [5.41, 5.74) is 2.08. The first kappa shape index (κ1) is 17.2. The number of amides is 1. The van der Waals surface area contributed by atoms with Crippen molar-refractivity contribution in [2.24, 2.45) is 0 Å². The minimum atomic E-state index is -0.529. The van der Waals surface area contributed by atoms with Crippen LogP contribution in [0.5, 0.6) is 0 Å². The van der Waals surface area contributed by atoms with E-state index in [2.05, 4.69) is 4.98 Å². The van der Waals surface area contributed by atoms with Crippen LogP contribution in [0, 0.1) is 0 Å². The van der Waals surface area contributed by atoms with Crippen molar-refractivity contribution in [1.82, 2.24) is 9.88 Å². The lowest BCUT2D eigenvalue weighted by Crippen LogP contribution is -2.36. The summed E-state index contributed by atoms with van der Waals surface area (Å²) in [5.74, 6) is 0.0747. The average Bonchev–Trinajstić information content (AvgIpc) is 2.56. The van der Waals surface area contributed by atoms with Crippen molar-refractivity contribution in [3.05, 3.63) is 66.0 Å². The summed E-state index contributed by atoms with van der Waals surface area (Å²) >= 11 is 0. The molecule has 1 N–H and O–H groups in total. The van der Waals surface area contributed by atoms with Crippen molar-refractivity contribution in [2.75, 3.05) is 6.54 Å². The highest BCUT2D eigenvalue weighted by Crippen LogP contribution is 2.10. The molecule has 1 atom stereocenters. The number of aliphatic hydroxyl groups excluding tert-OH is 1. The third-order valence-electron chi connectivity index (χ3n) is 3.60. The van der Waals surface area contributed by atoms with Gasteiger partial charge < -0.3 is 10.0 Å². The van der Waals surface area contributed by atoms with E-state index in [1.807, 2.05) is 48.5 Å². The fourth-order valence-corrected chi connectivity index (χ4v) is 2.50. The highest BCUT2D eigenvalue weighted by atomic mass is 16.3. The number of aromatic nitrogens is 1. The molecule has 0 bridgehead atoms. The van der Waals surface area contributed by atoms with Crippen molar-refractivity contribution < 1.29 is 9.90 Å². The van der Waals surface area contributed by atoms with Crippen LogP contribution in [0.25, 0.3) is 0 Å². The summed E-state index contributed by atoms with van der Waals surface area (Å²) in [5, 5.41) is 9.65. The molecule has 1 aromatic heterocycles. The molecule has 0 radical (unpaired) electrons. The molecule has 2 aromatic rings. The number of hydrogen-bond acceptors (Lipinski definition) is 3. The van der Waals surface area contributed by atoms with E-state index in [4.69, 9.17) is 0 Å². The maximum Gasteiger partial charge on any atom is 0.222 e. The molecule has 0 unspecified atom stereocenters. The van der Waals surface area contributed by atoms with Gasteiger partial charge in [0.2, 0.25) is 5.91 Å². The number of carbonyl (C=O) groups excluding carboxylic acids is 1. The molecule has 0 aliphatic carbocycles. The average molecular weight is 312 g/mol. The lowest BCUT2D eigenvalue weighted by Gasteiger charge is -2.24. The maximum absolute atomic E-state index is 12.5. The van der Waals surface area contributed by atoms with Gasteiger partial charge in [-0.1, -0.05) is 36.4 Å².